The molecule has 3 atom stereocenters. The summed E-state index contributed by atoms with van der Waals surface area (Å²) in [6.07, 6.45) is 9.56. The van der Waals surface area contributed by atoms with Crippen LogP contribution < -0.4 is 0 Å². The third-order valence-corrected chi connectivity index (χ3v) is 7.99. The van der Waals surface area contributed by atoms with Gasteiger partial charge in [-0.15, -0.1) is 0 Å². The second-order valence-corrected chi connectivity index (χ2v) is 10.1. The number of hydrogen-bond donors (Lipinski definition) is 1. The lowest BCUT2D eigenvalue weighted by molar-refractivity contribution is 0.0192. The molecule has 1 N–H and O–H groups in total. The average Bonchev–Trinajstić information content (AvgIpc) is 3.21. The number of benzene rings is 2. The van der Waals surface area contributed by atoms with E-state index in [1.54, 1.807) is 0 Å². The highest BCUT2D eigenvalue weighted by atomic mass is 16.5. The lowest BCUT2D eigenvalue weighted by atomic mass is 9.89. The van der Waals surface area contributed by atoms with E-state index in [9.17, 15) is 9.90 Å². The number of aliphatic hydroxyl groups excluding tert-OH is 1. The molecule has 2 fully saturated rings. The van der Waals surface area contributed by atoms with E-state index in [4.69, 9.17) is 9.73 Å². The number of amides is 1. The van der Waals surface area contributed by atoms with E-state index in [0.717, 1.165) is 81.8 Å². The molecule has 6 nitrogen and oxygen atoms in total. The van der Waals surface area contributed by atoms with Crippen LogP contribution in [0.1, 0.15) is 53.6 Å². The van der Waals surface area contributed by atoms with Gasteiger partial charge in [0.2, 0.25) is 0 Å². The van der Waals surface area contributed by atoms with E-state index in [1.807, 2.05) is 4.90 Å². The minimum atomic E-state index is -0.413. The van der Waals surface area contributed by atoms with E-state index in [1.165, 1.54) is 16.3 Å². The number of aliphatic hydroxyl groups is 1. The predicted molar refractivity (Wildman–Crippen MR) is 133 cm³/mol. The molecule has 3 aliphatic heterocycles. The van der Waals surface area contributed by atoms with Gasteiger partial charge in [-0.2, -0.15) is 0 Å². The number of allylic oxidation sites excluding steroid dienone is 1. The summed E-state index contributed by atoms with van der Waals surface area (Å²) in [5.41, 5.74) is 3.16. The fourth-order valence-corrected chi connectivity index (χ4v) is 6.13. The molecule has 0 bridgehead atoms. The number of nitrogens with zero attached hydrogens (tertiary/aromatic N) is 3. The molecule has 1 aliphatic carbocycles. The number of morpholine rings is 1. The van der Waals surface area contributed by atoms with Crippen LogP contribution in [-0.4, -0.2) is 65.5 Å². The zero-order valence-corrected chi connectivity index (χ0v) is 19.7. The Morgan fingerprint density at radius 1 is 1.09 bits per heavy atom. The van der Waals surface area contributed by atoms with Gasteiger partial charge in [0.15, 0.2) is 0 Å². The Balaban J connectivity index is 1.26. The minimum absolute atomic E-state index is 0.0647. The predicted octanol–water partition coefficient (Wildman–Crippen LogP) is 3.91. The molecule has 0 radical (unpaired) electrons. The third-order valence-electron chi connectivity index (χ3n) is 7.99. The highest BCUT2D eigenvalue weighted by Gasteiger charge is 2.38. The van der Waals surface area contributed by atoms with Gasteiger partial charge in [0, 0.05) is 37.3 Å². The largest absolute Gasteiger partial charge is 0.391 e. The van der Waals surface area contributed by atoms with Gasteiger partial charge in [-0.25, -0.2) is 4.99 Å². The van der Waals surface area contributed by atoms with Crippen molar-refractivity contribution < 1.29 is 14.6 Å². The number of carbonyl (C=O) groups excluding carboxylic acids is 1. The number of rotatable bonds is 4. The van der Waals surface area contributed by atoms with E-state index in [-0.39, 0.29) is 11.9 Å². The Morgan fingerprint density at radius 2 is 1.88 bits per heavy atom. The van der Waals surface area contributed by atoms with Crippen LogP contribution in [-0.2, 0) is 17.7 Å². The number of ether oxygens (including phenoxy) is 1. The van der Waals surface area contributed by atoms with Crippen molar-refractivity contribution >= 4 is 22.9 Å². The lowest BCUT2D eigenvalue weighted by Gasteiger charge is -2.35. The zero-order valence-electron chi connectivity index (χ0n) is 19.7. The van der Waals surface area contributed by atoms with Crippen molar-refractivity contribution in [2.24, 2.45) is 10.9 Å². The van der Waals surface area contributed by atoms with Gasteiger partial charge in [0.05, 0.1) is 25.4 Å². The molecule has 1 saturated heterocycles. The molecule has 34 heavy (non-hydrogen) atoms. The maximum atomic E-state index is 13.5. The molecule has 178 valence electrons. The second-order valence-electron chi connectivity index (χ2n) is 10.1. The van der Waals surface area contributed by atoms with Gasteiger partial charge in [-0.1, -0.05) is 37.1 Å². The average molecular weight is 460 g/mol. The molecule has 6 heteroatoms. The molecule has 1 unspecified atom stereocenters. The molecule has 0 spiro atoms. The van der Waals surface area contributed by atoms with Crippen molar-refractivity contribution in [1.82, 2.24) is 9.80 Å². The molecule has 2 aromatic carbocycles. The van der Waals surface area contributed by atoms with Crippen molar-refractivity contribution in [2.45, 2.75) is 57.2 Å². The van der Waals surface area contributed by atoms with Crippen molar-refractivity contribution in [3.05, 3.63) is 58.9 Å². The topological polar surface area (TPSA) is 65.4 Å². The molecule has 2 aromatic rings. The van der Waals surface area contributed by atoms with Gasteiger partial charge < -0.3 is 19.6 Å². The standard InChI is InChI=1S/C28H33N3O3/c32-26-8-4-3-7-25(26)31-18-24-22-6-2-1-5-21(22)20(16-23(24)28(31)33)15-19-9-10-27(29-17-19)30-11-13-34-14-12-30/h1-2,5-6,10,16-17,19,25-26,32H,3-4,7-9,11-15,18H2/t19?,25-,26-/m0/s1. The first-order valence-electron chi connectivity index (χ1n) is 12.8. The third kappa shape index (κ3) is 3.93. The molecule has 1 amide bonds. The number of aliphatic imine (C=N–C) groups is 1. The Hall–Kier alpha value is -2.70. The molecular weight excluding hydrogens is 426 g/mol. The highest BCUT2D eigenvalue weighted by molar-refractivity contribution is 6.05. The lowest BCUT2D eigenvalue weighted by Crippen LogP contribution is -2.45. The highest BCUT2D eigenvalue weighted by Crippen LogP contribution is 2.37. The van der Waals surface area contributed by atoms with Crippen LogP contribution >= 0.6 is 0 Å². The monoisotopic (exact) mass is 459 g/mol. The van der Waals surface area contributed by atoms with Gasteiger partial charge >= 0.3 is 0 Å². The number of carbonyl (C=O) groups is 1. The molecule has 3 heterocycles. The summed E-state index contributed by atoms with van der Waals surface area (Å²) >= 11 is 0. The SMILES string of the molecule is O=C1c2cc(CC3C=NC(N4CCOCC4)=CC3)c3ccccc3c2CN1[C@H]1CCCC[C@@H]1O. The summed E-state index contributed by atoms with van der Waals surface area (Å²) in [7, 11) is 0. The van der Waals surface area contributed by atoms with Gasteiger partial charge in [0.25, 0.3) is 5.91 Å². The summed E-state index contributed by atoms with van der Waals surface area (Å²) in [4.78, 5) is 22.5. The van der Waals surface area contributed by atoms with Crippen LogP contribution in [0.3, 0.4) is 0 Å². The fraction of sp³-hybridized carbons (Fsp3) is 0.500. The normalized spacial score (nSPS) is 27.3. The van der Waals surface area contributed by atoms with Gasteiger partial charge in [-0.05, 0) is 59.7 Å². The second kappa shape index (κ2) is 9.16. The first kappa shape index (κ1) is 21.8. The van der Waals surface area contributed by atoms with Crippen molar-refractivity contribution in [1.29, 1.82) is 0 Å². The first-order chi connectivity index (χ1) is 16.7. The molecule has 6 rings (SSSR count). The summed E-state index contributed by atoms with van der Waals surface area (Å²) in [6.45, 7) is 3.93. The molecule has 0 aromatic heterocycles. The number of hydrogen-bond acceptors (Lipinski definition) is 5. The Morgan fingerprint density at radius 3 is 2.65 bits per heavy atom. The summed E-state index contributed by atoms with van der Waals surface area (Å²) in [5, 5.41) is 13.0. The van der Waals surface area contributed by atoms with E-state index >= 15 is 0 Å². The number of fused-ring (bicyclic) bond motifs is 3. The smallest absolute Gasteiger partial charge is 0.254 e. The minimum Gasteiger partial charge on any atom is -0.391 e. The van der Waals surface area contributed by atoms with Crippen molar-refractivity contribution in [2.75, 3.05) is 26.3 Å². The van der Waals surface area contributed by atoms with Gasteiger partial charge in [0.1, 0.15) is 5.82 Å². The van der Waals surface area contributed by atoms with Crippen LogP contribution in [0.5, 0.6) is 0 Å². The summed E-state index contributed by atoms with van der Waals surface area (Å²) in [6, 6.07) is 10.5. The van der Waals surface area contributed by atoms with Gasteiger partial charge in [-0.3, -0.25) is 4.79 Å². The Bertz CT molecular complexity index is 1150. The molecule has 1 saturated carbocycles. The van der Waals surface area contributed by atoms with Crippen LogP contribution in [0.2, 0.25) is 0 Å². The summed E-state index contributed by atoms with van der Waals surface area (Å²) < 4.78 is 5.46. The fourth-order valence-electron chi connectivity index (χ4n) is 6.13. The van der Waals surface area contributed by atoms with Crippen molar-refractivity contribution in [3.8, 4) is 0 Å². The summed E-state index contributed by atoms with van der Waals surface area (Å²) in [5.74, 6) is 1.47. The quantitative estimate of drug-likeness (QED) is 0.753. The van der Waals surface area contributed by atoms with Crippen molar-refractivity contribution in [3.63, 3.8) is 0 Å². The van der Waals surface area contributed by atoms with E-state index in [2.05, 4.69) is 47.5 Å². The van der Waals surface area contributed by atoms with E-state index < -0.39 is 6.10 Å². The first-order valence-corrected chi connectivity index (χ1v) is 12.8. The molecule has 4 aliphatic rings. The van der Waals surface area contributed by atoms with Crippen LogP contribution in [0.25, 0.3) is 10.8 Å². The van der Waals surface area contributed by atoms with E-state index in [0.29, 0.717) is 12.5 Å². The Kier molecular flexibility index (Phi) is 5.87. The zero-order chi connectivity index (χ0) is 23.1. The molecular formula is C28H33N3O3. The Labute approximate surface area is 200 Å². The maximum Gasteiger partial charge on any atom is 0.254 e. The van der Waals surface area contributed by atoms with Crippen LogP contribution in [0.4, 0.5) is 0 Å². The van der Waals surface area contributed by atoms with Crippen LogP contribution in [0, 0.1) is 5.92 Å². The van der Waals surface area contributed by atoms with Crippen LogP contribution in [0.15, 0.2) is 47.2 Å². The maximum absolute atomic E-state index is 13.5.